The normalized spacial score (nSPS) is 26.5. The summed E-state index contributed by atoms with van der Waals surface area (Å²) in [7, 11) is 0. The van der Waals surface area contributed by atoms with Crippen LogP contribution >= 0.6 is 0 Å². The van der Waals surface area contributed by atoms with Crippen molar-refractivity contribution < 1.29 is 29.3 Å². The van der Waals surface area contributed by atoms with E-state index >= 15 is 0 Å². The van der Waals surface area contributed by atoms with Gasteiger partial charge in [-0.2, -0.15) is 0 Å². The molecule has 5 atom stereocenters. The van der Waals surface area contributed by atoms with Crippen LogP contribution in [0.2, 0.25) is 0 Å². The molecule has 1 saturated heterocycles. The Kier molecular flexibility index (Phi) is 6.98. The number of ether oxygens (including phenoxy) is 2. The molecule has 0 spiro atoms. The first kappa shape index (κ1) is 21.0. The lowest BCUT2D eigenvalue weighted by Gasteiger charge is -2.44. The van der Waals surface area contributed by atoms with Gasteiger partial charge in [-0.15, -0.1) is 0 Å². The van der Waals surface area contributed by atoms with Gasteiger partial charge < -0.3 is 25.0 Å². The molecule has 0 radical (unpaired) electrons. The number of carbonyl (C=O) groups is 2. The Morgan fingerprint density at radius 3 is 2.24 bits per heavy atom. The Bertz CT molecular complexity index is 813. The molecule has 154 valence electrons. The van der Waals surface area contributed by atoms with Gasteiger partial charge >= 0.3 is 5.97 Å². The summed E-state index contributed by atoms with van der Waals surface area (Å²) < 4.78 is 11.5. The van der Waals surface area contributed by atoms with Gasteiger partial charge in [0.2, 0.25) is 5.91 Å². The maximum Gasteiger partial charge on any atom is 0.338 e. The van der Waals surface area contributed by atoms with Crippen LogP contribution in [0.5, 0.6) is 0 Å². The van der Waals surface area contributed by atoms with E-state index in [0.717, 1.165) is 5.56 Å². The molecule has 2 aromatic carbocycles. The van der Waals surface area contributed by atoms with Gasteiger partial charge in [-0.05, 0) is 17.7 Å². The molecule has 7 nitrogen and oxygen atoms in total. The van der Waals surface area contributed by atoms with Crippen molar-refractivity contribution in [2.45, 2.75) is 43.8 Å². The number of amides is 1. The standard InChI is InChI=1S/C22H25NO6/c1-14(25)23-19-17(12-15-8-4-2-5-9-15)28-18(13-24)20(26)21(19)29-22(27)16-10-6-3-7-11-16/h2-11,17-21,24,26H,12-13H2,1H3,(H,23,25)/t17-,18?,19?,20+,21+/m0/s1. The van der Waals surface area contributed by atoms with E-state index in [-0.39, 0.29) is 5.91 Å². The molecule has 0 bridgehead atoms. The van der Waals surface area contributed by atoms with Gasteiger partial charge in [-0.25, -0.2) is 4.79 Å². The summed E-state index contributed by atoms with van der Waals surface area (Å²) in [5.41, 5.74) is 1.28. The van der Waals surface area contributed by atoms with Crippen molar-refractivity contribution in [3.63, 3.8) is 0 Å². The zero-order chi connectivity index (χ0) is 20.8. The molecule has 29 heavy (non-hydrogen) atoms. The molecule has 1 fully saturated rings. The van der Waals surface area contributed by atoms with Crippen LogP contribution in [0.4, 0.5) is 0 Å². The van der Waals surface area contributed by atoms with E-state index < -0.39 is 43.0 Å². The van der Waals surface area contributed by atoms with Crippen LogP contribution in [-0.4, -0.2) is 59.2 Å². The molecular weight excluding hydrogens is 374 g/mol. The summed E-state index contributed by atoms with van der Waals surface area (Å²) >= 11 is 0. The van der Waals surface area contributed by atoms with Crippen LogP contribution in [0.15, 0.2) is 60.7 Å². The Morgan fingerprint density at radius 2 is 1.66 bits per heavy atom. The second-order valence-electron chi connectivity index (χ2n) is 7.04. The van der Waals surface area contributed by atoms with E-state index in [2.05, 4.69) is 5.32 Å². The molecule has 3 rings (SSSR count). The SMILES string of the molecule is CC(=O)NC1[C@H](Cc2ccccc2)OC(CO)[C@@H](O)[C@@H]1OC(=O)c1ccccc1. The van der Waals surface area contributed by atoms with Gasteiger partial charge in [0.15, 0.2) is 6.10 Å². The fourth-order valence-corrected chi connectivity index (χ4v) is 3.52. The lowest BCUT2D eigenvalue weighted by Crippen LogP contribution is -2.65. The van der Waals surface area contributed by atoms with E-state index in [4.69, 9.17) is 9.47 Å². The minimum atomic E-state index is -1.29. The molecule has 1 amide bonds. The van der Waals surface area contributed by atoms with E-state index in [1.165, 1.54) is 6.92 Å². The number of carbonyl (C=O) groups excluding carboxylic acids is 2. The smallest absolute Gasteiger partial charge is 0.338 e. The second kappa shape index (κ2) is 9.65. The molecule has 1 aliphatic heterocycles. The fraction of sp³-hybridized carbons (Fsp3) is 0.364. The van der Waals surface area contributed by atoms with Crippen molar-refractivity contribution in [3.05, 3.63) is 71.8 Å². The third-order valence-electron chi connectivity index (χ3n) is 4.90. The number of benzene rings is 2. The quantitative estimate of drug-likeness (QED) is 0.628. The molecule has 2 unspecified atom stereocenters. The Labute approximate surface area is 169 Å². The molecular formula is C22H25NO6. The number of hydrogen-bond acceptors (Lipinski definition) is 6. The van der Waals surface area contributed by atoms with Gasteiger partial charge in [0.25, 0.3) is 0 Å². The molecule has 3 N–H and O–H groups in total. The van der Waals surface area contributed by atoms with Crippen molar-refractivity contribution in [2.75, 3.05) is 6.61 Å². The van der Waals surface area contributed by atoms with Crippen LogP contribution in [-0.2, 0) is 20.7 Å². The molecule has 0 aliphatic carbocycles. The average molecular weight is 399 g/mol. The topological polar surface area (TPSA) is 105 Å². The van der Waals surface area contributed by atoms with Gasteiger partial charge in [0.1, 0.15) is 12.2 Å². The highest BCUT2D eigenvalue weighted by Crippen LogP contribution is 2.27. The zero-order valence-electron chi connectivity index (χ0n) is 16.1. The zero-order valence-corrected chi connectivity index (χ0v) is 16.1. The van der Waals surface area contributed by atoms with E-state index in [1.807, 2.05) is 30.3 Å². The van der Waals surface area contributed by atoms with Crippen LogP contribution in [0.1, 0.15) is 22.8 Å². The lowest BCUT2D eigenvalue weighted by molar-refractivity contribution is -0.195. The van der Waals surface area contributed by atoms with E-state index in [0.29, 0.717) is 12.0 Å². The van der Waals surface area contributed by atoms with Gasteiger partial charge in [-0.1, -0.05) is 48.5 Å². The summed E-state index contributed by atoms with van der Waals surface area (Å²) in [4.78, 5) is 24.4. The van der Waals surface area contributed by atoms with Crippen molar-refractivity contribution in [2.24, 2.45) is 0 Å². The van der Waals surface area contributed by atoms with E-state index in [1.54, 1.807) is 30.3 Å². The first-order valence-corrected chi connectivity index (χ1v) is 9.51. The maximum absolute atomic E-state index is 12.6. The van der Waals surface area contributed by atoms with E-state index in [9.17, 15) is 19.8 Å². The molecule has 2 aromatic rings. The number of hydrogen-bond donors (Lipinski definition) is 3. The monoisotopic (exact) mass is 399 g/mol. The number of aliphatic hydroxyl groups excluding tert-OH is 2. The summed E-state index contributed by atoms with van der Waals surface area (Å²) in [6, 6.07) is 17.1. The largest absolute Gasteiger partial charge is 0.454 e. The third kappa shape index (κ3) is 5.20. The molecule has 0 saturated carbocycles. The summed E-state index contributed by atoms with van der Waals surface area (Å²) in [6.07, 6.45) is -3.51. The summed E-state index contributed by atoms with van der Waals surface area (Å²) in [5, 5.41) is 23.1. The first-order valence-electron chi connectivity index (χ1n) is 9.51. The van der Waals surface area contributed by atoms with Crippen LogP contribution in [0.3, 0.4) is 0 Å². The average Bonchev–Trinajstić information content (AvgIpc) is 2.73. The second-order valence-corrected chi connectivity index (χ2v) is 7.04. The number of esters is 1. The number of nitrogens with one attached hydrogen (secondary N) is 1. The Hall–Kier alpha value is -2.74. The minimum Gasteiger partial charge on any atom is -0.454 e. The third-order valence-corrected chi connectivity index (χ3v) is 4.90. The Balaban J connectivity index is 1.88. The number of rotatable bonds is 6. The Morgan fingerprint density at radius 1 is 1.03 bits per heavy atom. The van der Waals surface area contributed by atoms with Crippen molar-refractivity contribution in [3.8, 4) is 0 Å². The van der Waals surface area contributed by atoms with Gasteiger partial charge in [0, 0.05) is 13.3 Å². The van der Waals surface area contributed by atoms with Crippen LogP contribution < -0.4 is 5.32 Å². The number of aliphatic hydroxyl groups is 2. The predicted molar refractivity (Wildman–Crippen MR) is 105 cm³/mol. The highest BCUT2D eigenvalue weighted by molar-refractivity contribution is 5.89. The van der Waals surface area contributed by atoms with Crippen LogP contribution in [0.25, 0.3) is 0 Å². The minimum absolute atomic E-state index is 0.327. The summed E-state index contributed by atoms with van der Waals surface area (Å²) in [5.74, 6) is -0.964. The lowest BCUT2D eigenvalue weighted by atomic mass is 9.89. The molecule has 7 heteroatoms. The van der Waals surface area contributed by atoms with Crippen molar-refractivity contribution in [1.82, 2.24) is 5.32 Å². The maximum atomic E-state index is 12.6. The summed E-state index contributed by atoms with van der Waals surface area (Å²) in [6.45, 7) is 0.902. The van der Waals surface area contributed by atoms with Crippen LogP contribution in [0, 0.1) is 0 Å². The highest BCUT2D eigenvalue weighted by Gasteiger charge is 2.47. The van der Waals surface area contributed by atoms with Crippen molar-refractivity contribution in [1.29, 1.82) is 0 Å². The first-order chi connectivity index (χ1) is 14.0. The molecule has 1 heterocycles. The highest BCUT2D eigenvalue weighted by atomic mass is 16.6. The molecule has 0 aromatic heterocycles. The van der Waals surface area contributed by atoms with Crippen molar-refractivity contribution >= 4 is 11.9 Å². The van der Waals surface area contributed by atoms with Gasteiger partial charge in [-0.3, -0.25) is 4.79 Å². The van der Waals surface area contributed by atoms with Gasteiger partial charge in [0.05, 0.1) is 24.3 Å². The molecule has 1 aliphatic rings. The fourth-order valence-electron chi connectivity index (χ4n) is 3.52. The predicted octanol–water partition coefficient (Wildman–Crippen LogP) is 1.08.